The molecule has 0 bridgehead atoms. The second-order valence-corrected chi connectivity index (χ2v) is 4.83. The average Bonchev–Trinajstić information content (AvgIpc) is 2.47. The van der Waals surface area contributed by atoms with Gasteiger partial charge in [-0.1, -0.05) is 12.1 Å². The molecule has 0 amide bonds. The lowest BCUT2D eigenvalue weighted by atomic mass is 9.96. The summed E-state index contributed by atoms with van der Waals surface area (Å²) >= 11 is 0. The van der Waals surface area contributed by atoms with Crippen molar-refractivity contribution in [2.75, 3.05) is 0 Å². The fourth-order valence-corrected chi connectivity index (χ4v) is 2.46. The number of ether oxygens (including phenoxy) is 1. The number of carboxylic acid groups (broad SMARTS) is 1. The number of fused-ring (bicyclic) bond motifs is 1. The molecule has 0 fully saturated rings. The molecule has 1 atom stereocenters. The summed E-state index contributed by atoms with van der Waals surface area (Å²) < 4.78 is 19.0. The van der Waals surface area contributed by atoms with Crippen molar-refractivity contribution in [3.8, 4) is 5.75 Å². The minimum absolute atomic E-state index is 0.188. The molecule has 1 heterocycles. The Kier molecular flexibility index (Phi) is 3.14. The van der Waals surface area contributed by atoms with Gasteiger partial charge < -0.3 is 9.84 Å². The van der Waals surface area contributed by atoms with Crippen molar-refractivity contribution in [2.45, 2.75) is 18.9 Å². The maximum atomic E-state index is 13.1. The summed E-state index contributed by atoms with van der Waals surface area (Å²) in [7, 11) is 0. The maximum Gasteiger partial charge on any atom is 0.335 e. The Labute approximate surface area is 115 Å². The molecule has 0 saturated heterocycles. The zero-order valence-corrected chi connectivity index (χ0v) is 10.7. The lowest BCUT2D eigenvalue weighted by Gasteiger charge is -2.26. The normalized spacial score (nSPS) is 17.1. The first kappa shape index (κ1) is 12.7. The van der Waals surface area contributed by atoms with Gasteiger partial charge in [0, 0.05) is 0 Å². The average molecular weight is 272 g/mol. The number of rotatable bonds is 2. The van der Waals surface area contributed by atoms with Gasteiger partial charge in [0.25, 0.3) is 0 Å². The predicted octanol–water partition coefficient (Wildman–Crippen LogP) is 3.59. The van der Waals surface area contributed by atoms with Gasteiger partial charge in [-0.25, -0.2) is 9.18 Å². The summed E-state index contributed by atoms with van der Waals surface area (Å²) in [5, 5.41) is 9.01. The van der Waals surface area contributed by atoms with Crippen LogP contribution in [0.25, 0.3) is 0 Å². The molecule has 4 heteroatoms. The standard InChI is InChI=1S/C16H13FO3/c17-13-5-7-15-11(9-13)4-6-14(20-15)10-2-1-3-12(8-10)16(18)19/h1-3,5,7-9,14H,4,6H2,(H,18,19). The quantitative estimate of drug-likeness (QED) is 0.908. The Morgan fingerprint density at radius 1 is 1.25 bits per heavy atom. The number of hydrogen-bond acceptors (Lipinski definition) is 2. The van der Waals surface area contributed by atoms with E-state index in [1.165, 1.54) is 12.1 Å². The van der Waals surface area contributed by atoms with Crippen LogP contribution >= 0.6 is 0 Å². The highest BCUT2D eigenvalue weighted by molar-refractivity contribution is 5.87. The number of aryl methyl sites for hydroxylation is 1. The summed E-state index contributed by atoms with van der Waals surface area (Å²) in [5.74, 6) is -0.549. The first-order valence-electron chi connectivity index (χ1n) is 6.42. The van der Waals surface area contributed by atoms with Crippen molar-refractivity contribution in [1.29, 1.82) is 0 Å². The number of carbonyl (C=O) groups is 1. The smallest absolute Gasteiger partial charge is 0.335 e. The summed E-state index contributed by atoms with van der Waals surface area (Å²) in [5.41, 5.74) is 1.94. The van der Waals surface area contributed by atoms with Crippen LogP contribution in [-0.4, -0.2) is 11.1 Å². The second kappa shape index (κ2) is 4.96. The first-order valence-corrected chi connectivity index (χ1v) is 6.42. The van der Waals surface area contributed by atoms with Crippen LogP contribution in [0.3, 0.4) is 0 Å². The molecule has 0 aromatic heterocycles. The van der Waals surface area contributed by atoms with Gasteiger partial charge in [-0.3, -0.25) is 0 Å². The van der Waals surface area contributed by atoms with Crippen molar-refractivity contribution in [3.63, 3.8) is 0 Å². The van der Waals surface area contributed by atoms with Crippen LogP contribution in [0, 0.1) is 5.82 Å². The van der Waals surface area contributed by atoms with Crippen LogP contribution in [0.5, 0.6) is 5.75 Å². The van der Waals surface area contributed by atoms with E-state index in [-0.39, 0.29) is 17.5 Å². The minimum Gasteiger partial charge on any atom is -0.485 e. The predicted molar refractivity (Wildman–Crippen MR) is 71.5 cm³/mol. The third-order valence-electron chi connectivity index (χ3n) is 3.47. The summed E-state index contributed by atoms with van der Waals surface area (Å²) in [6.45, 7) is 0. The van der Waals surface area contributed by atoms with Crippen molar-refractivity contribution >= 4 is 5.97 Å². The van der Waals surface area contributed by atoms with E-state index < -0.39 is 5.97 Å². The molecule has 2 aromatic carbocycles. The van der Waals surface area contributed by atoms with Gasteiger partial charge in [-0.15, -0.1) is 0 Å². The van der Waals surface area contributed by atoms with Crippen LogP contribution in [-0.2, 0) is 6.42 Å². The fourth-order valence-electron chi connectivity index (χ4n) is 2.46. The molecule has 1 aliphatic heterocycles. The Hall–Kier alpha value is -2.36. The van der Waals surface area contributed by atoms with E-state index >= 15 is 0 Å². The van der Waals surface area contributed by atoms with Crippen LogP contribution in [0.2, 0.25) is 0 Å². The van der Waals surface area contributed by atoms with Crippen molar-refractivity contribution in [3.05, 3.63) is 65.0 Å². The molecule has 2 aromatic rings. The monoisotopic (exact) mass is 272 g/mol. The van der Waals surface area contributed by atoms with Gasteiger partial charge in [-0.05, 0) is 54.3 Å². The van der Waals surface area contributed by atoms with Crippen molar-refractivity contribution < 1.29 is 19.0 Å². The van der Waals surface area contributed by atoms with E-state index in [0.29, 0.717) is 12.2 Å². The summed E-state index contributed by atoms with van der Waals surface area (Å²) in [6, 6.07) is 11.2. The van der Waals surface area contributed by atoms with Crippen LogP contribution in [0.1, 0.15) is 34.0 Å². The van der Waals surface area contributed by atoms with E-state index in [2.05, 4.69) is 0 Å². The highest BCUT2D eigenvalue weighted by Gasteiger charge is 2.22. The molecule has 1 aliphatic rings. The molecule has 3 rings (SSSR count). The van der Waals surface area contributed by atoms with Crippen molar-refractivity contribution in [2.24, 2.45) is 0 Å². The third kappa shape index (κ3) is 2.37. The minimum atomic E-state index is -0.954. The fraction of sp³-hybridized carbons (Fsp3) is 0.188. The van der Waals surface area contributed by atoms with Gasteiger partial charge in [-0.2, -0.15) is 0 Å². The Bertz CT molecular complexity index is 667. The van der Waals surface area contributed by atoms with Gasteiger partial charge in [0.05, 0.1) is 5.56 Å². The molecule has 3 nitrogen and oxygen atoms in total. The maximum absolute atomic E-state index is 13.1. The highest BCUT2D eigenvalue weighted by Crippen LogP contribution is 2.35. The Morgan fingerprint density at radius 3 is 2.90 bits per heavy atom. The topological polar surface area (TPSA) is 46.5 Å². The van der Waals surface area contributed by atoms with Crippen LogP contribution in [0.4, 0.5) is 4.39 Å². The Morgan fingerprint density at radius 2 is 2.10 bits per heavy atom. The number of benzene rings is 2. The van der Waals surface area contributed by atoms with E-state index in [1.54, 1.807) is 24.3 Å². The largest absolute Gasteiger partial charge is 0.485 e. The van der Waals surface area contributed by atoms with Crippen LogP contribution in [0.15, 0.2) is 42.5 Å². The number of hydrogen-bond donors (Lipinski definition) is 1. The zero-order valence-electron chi connectivity index (χ0n) is 10.7. The second-order valence-electron chi connectivity index (χ2n) is 4.83. The molecular weight excluding hydrogens is 259 g/mol. The SMILES string of the molecule is O=C(O)c1cccc(C2CCc3cc(F)ccc3O2)c1. The molecule has 0 radical (unpaired) electrons. The number of carboxylic acids is 1. The molecule has 102 valence electrons. The molecule has 1 unspecified atom stereocenters. The van der Waals surface area contributed by atoms with E-state index in [4.69, 9.17) is 9.84 Å². The van der Waals surface area contributed by atoms with Crippen molar-refractivity contribution in [1.82, 2.24) is 0 Å². The van der Waals surface area contributed by atoms with Crippen LogP contribution < -0.4 is 4.74 Å². The summed E-state index contributed by atoms with van der Waals surface area (Å²) in [6.07, 6.45) is 1.24. The molecule has 20 heavy (non-hydrogen) atoms. The number of aromatic carboxylic acids is 1. The molecule has 0 saturated carbocycles. The lowest BCUT2D eigenvalue weighted by molar-refractivity contribution is 0.0696. The van der Waals surface area contributed by atoms with E-state index in [9.17, 15) is 9.18 Å². The summed E-state index contributed by atoms with van der Waals surface area (Å²) in [4.78, 5) is 11.0. The first-order chi connectivity index (χ1) is 9.63. The van der Waals surface area contributed by atoms with Gasteiger partial charge in [0.2, 0.25) is 0 Å². The van der Waals surface area contributed by atoms with Gasteiger partial charge >= 0.3 is 5.97 Å². The van der Waals surface area contributed by atoms with E-state index in [1.807, 2.05) is 6.07 Å². The highest BCUT2D eigenvalue weighted by atomic mass is 19.1. The van der Waals surface area contributed by atoms with Gasteiger partial charge in [0.15, 0.2) is 0 Å². The van der Waals surface area contributed by atoms with E-state index in [0.717, 1.165) is 17.5 Å². The van der Waals surface area contributed by atoms with Gasteiger partial charge in [0.1, 0.15) is 17.7 Å². The zero-order chi connectivity index (χ0) is 14.1. The Balaban J connectivity index is 1.88. The lowest BCUT2D eigenvalue weighted by Crippen LogP contribution is -2.15. The molecular formula is C16H13FO3. The number of halogens is 1. The molecule has 0 spiro atoms. The molecule has 0 aliphatic carbocycles. The molecule has 1 N–H and O–H groups in total. The third-order valence-corrected chi connectivity index (χ3v) is 3.47.